The molecule has 0 bridgehead atoms. The Kier molecular flexibility index (Phi) is 27.8. The summed E-state index contributed by atoms with van der Waals surface area (Å²) >= 11 is 17.4. The highest BCUT2D eigenvalue weighted by atomic mass is 35.6. The van der Waals surface area contributed by atoms with Gasteiger partial charge in [0.05, 0.1) is 39.6 Å². The minimum Gasteiger partial charge on any atom is -0.480 e. The molecular weight excluding hydrogens is 1270 g/mol. The van der Waals surface area contributed by atoms with Crippen LogP contribution in [0.15, 0.2) is 109 Å². The molecule has 6 rings (SSSR count). The zero-order chi connectivity index (χ0) is 67.2. The fraction of sp³-hybridized carbons (Fsp3) is 0.452. The van der Waals surface area contributed by atoms with Gasteiger partial charge >= 0.3 is 30.1 Å². The third kappa shape index (κ3) is 22.0. The maximum Gasteiger partial charge on any atom is 0.407 e. The second-order valence-electron chi connectivity index (χ2n) is 21.7. The molecule has 1 aliphatic carbocycles. The summed E-state index contributed by atoms with van der Waals surface area (Å²) in [6, 6.07) is 21.7. The fourth-order valence-electron chi connectivity index (χ4n) is 9.70. The number of aliphatic carboxylic acids is 1. The third-order valence-corrected chi connectivity index (χ3v) is 14.6. The van der Waals surface area contributed by atoms with Gasteiger partial charge in [0.15, 0.2) is 18.5 Å². The number of aliphatic hydroxyl groups is 1. The lowest BCUT2D eigenvalue weighted by Crippen LogP contribution is -2.67. The molecule has 1 aliphatic heterocycles. The van der Waals surface area contributed by atoms with Crippen LogP contribution in [0.1, 0.15) is 69.7 Å². The molecule has 92 heavy (non-hydrogen) atoms. The quantitative estimate of drug-likeness (QED) is 0.0197. The molecular formula is C62H74Cl3N7O20. The Morgan fingerprint density at radius 2 is 1.03 bits per heavy atom. The van der Waals surface area contributed by atoms with Crippen molar-refractivity contribution in [3.05, 3.63) is 131 Å². The van der Waals surface area contributed by atoms with Gasteiger partial charge in [-0.05, 0) is 53.1 Å². The van der Waals surface area contributed by atoms with Gasteiger partial charge in [0.2, 0.25) is 33.3 Å². The van der Waals surface area contributed by atoms with Gasteiger partial charge in [-0.2, -0.15) is 0 Å². The first-order valence-electron chi connectivity index (χ1n) is 29.0. The van der Waals surface area contributed by atoms with Crippen molar-refractivity contribution in [2.24, 2.45) is 5.92 Å². The lowest BCUT2D eigenvalue weighted by Gasteiger charge is -2.44. The van der Waals surface area contributed by atoms with E-state index in [-0.39, 0.29) is 32.3 Å². The average Bonchev–Trinajstić information content (AvgIpc) is 1.54. The smallest absolute Gasteiger partial charge is 0.407 e. The summed E-state index contributed by atoms with van der Waals surface area (Å²) in [6.07, 6.45) is -9.23. The van der Waals surface area contributed by atoms with Crippen molar-refractivity contribution in [3.63, 3.8) is 0 Å². The predicted octanol–water partition coefficient (Wildman–Crippen LogP) is 3.59. The van der Waals surface area contributed by atoms with Gasteiger partial charge in [0, 0.05) is 19.8 Å². The lowest BCUT2D eigenvalue weighted by molar-refractivity contribution is -0.277. The molecule has 7 amide bonds. The summed E-state index contributed by atoms with van der Waals surface area (Å²) in [5.41, 5.74) is 5.30. The highest BCUT2D eigenvalue weighted by Gasteiger charge is 2.52. The van der Waals surface area contributed by atoms with E-state index in [1.165, 1.54) is 20.8 Å². The van der Waals surface area contributed by atoms with Gasteiger partial charge in [-0.15, -0.1) is 0 Å². The number of alkyl carbamates (subject to hydrolysis) is 2. The topological polar surface area (TPSA) is 369 Å². The van der Waals surface area contributed by atoms with Crippen LogP contribution < -0.4 is 37.2 Å². The molecule has 0 saturated carbocycles. The highest BCUT2D eigenvalue weighted by molar-refractivity contribution is 6.67. The standard InChI is InChI=1S/C62H74Cl3N7O20/c1-33(2)49(71-53(76)34(3)66-55(78)46(30-86-27-39-19-11-8-12-20-39)70-60(83)88-28-44-42-23-15-13-21-40(42)41-22-14-16-24-43(41)44)57(80)69-47(56(79)68-45(54(77)67-35(4)58(81)82)29-85-26-38-17-9-7-10-18-38)31-87-59-50(72-61(84)89-32-62(63,64)65)52(91-37(6)75)51(90-36(5)74)48(25-73)92-59/h7-24,33-35,44-52,59,73H,25-32H2,1-6H3,(H,66,78)(H,67,77)(H,68,79)(H,69,80)(H,70,83)(H,71,76)(H,72,84)(H,81,82)/t34-,35-,45-,46-,47-,48+,49-,50+,51+,52+,59+/m0/s1. The van der Waals surface area contributed by atoms with Crippen LogP contribution in [0.4, 0.5) is 9.59 Å². The number of carboxylic acid groups (broad SMARTS) is 1. The van der Waals surface area contributed by atoms with Crippen molar-refractivity contribution in [2.75, 3.05) is 39.6 Å². The van der Waals surface area contributed by atoms with Crippen molar-refractivity contribution in [2.45, 2.75) is 131 Å². The molecule has 0 spiro atoms. The maximum absolute atomic E-state index is 14.7. The molecule has 27 nitrogen and oxygen atoms in total. The minimum absolute atomic E-state index is 0.0377. The molecule has 4 aromatic carbocycles. The fourth-order valence-corrected chi connectivity index (χ4v) is 9.86. The van der Waals surface area contributed by atoms with E-state index in [0.717, 1.165) is 48.6 Å². The summed E-state index contributed by atoms with van der Waals surface area (Å²) < 4.78 is 43.3. The van der Waals surface area contributed by atoms with Gasteiger partial charge in [0.25, 0.3) is 0 Å². The number of fused-ring (bicyclic) bond motifs is 3. The number of carbonyl (C=O) groups excluding carboxylic acids is 9. The first-order valence-corrected chi connectivity index (χ1v) is 30.2. The van der Waals surface area contributed by atoms with E-state index in [9.17, 15) is 58.2 Å². The number of alkyl halides is 3. The number of rotatable bonds is 31. The van der Waals surface area contributed by atoms with Gasteiger partial charge in [0.1, 0.15) is 61.6 Å². The largest absolute Gasteiger partial charge is 0.480 e. The van der Waals surface area contributed by atoms with Crippen molar-refractivity contribution < 1.29 is 96.1 Å². The summed E-state index contributed by atoms with van der Waals surface area (Å²) in [5, 5.41) is 37.4. The van der Waals surface area contributed by atoms with Crippen LogP contribution >= 0.6 is 34.8 Å². The van der Waals surface area contributed by atoms with Crippen LogP contribution in [0.3, 0.4) is 0 Å². The van der Waals surface area contributed by atoms with Crippen LogP contribution in [-0.2, 0) is 89.5 Å². The number of hydrogen-bond acceptors (Lipinski definition) is 19. The number of benzene rings is 4. The molecule has 0 aromatic heterocycles. The lowest BCUT2D eigenvalue weighted by atomic mass is 9.96. The average molecular weight is 1340 g/mol. The van der Waals surface area contributed by atoms with Crippen LogP contribution in [0.2, 0.25) is 0 Å². The van der Waals surface area contributed by atoms with Gasteiger partial charge in [-0.25, -0.2) is 9.59 Å². The van der Waals surface area contributed by atoms with Crippen LogP contribution in [0, 0.1) is 5.92 Å². The van der Waals surface area contributed by atoms with Gasteiger partial charge < -0.3 is 85.3 Å². The molecule has 1 saturated heterocycles. The Labute approximate surface area is 544 Å². The Morgan fingerprint density at radius 3 is 1.54 bits per heavy atom. The number of aliphatic hydroxyl groups excluding tert-OH is 1. The number of esters is 2. The number of hydrogen-bond donors (Lipinski definition) is 9. The second-order valence-corrected chi connectivity index (χ2v) is 24.3. The molecule has 30 heteroatoms. The molecule has 1 heterocycles. The van der Waals surface area contributed by atoms with Crippen molar-refractivity contribution >= 4 is 94.4 Å². The highest BCUT2D eigenvalue weighted by Crippen LogP contribution is 2.44. The monoisotopic (exact) mass is 1340 g/mol. The first kappa shape index (κ1) is 72.9. The summed E-state index contributed by atoms with van der Waals surface area (Å²) in [6.45, 7) is 3.60. The Bertz CT molecular complexity index is 3160. The van der Waals surface area contributed by atoms with Gasteiger partial charge in [-0.1, -0.05) is 158 Å². The molecule has 9 N–H and O–H groups in total. The number of amides is 7. The molecule has 4 aromatic rings. The first-order chi connectivity index (χ1) is 43.7. The predicted molar refractivity (Wildman–Crippen MR) is 329 cm³/mol. The van der Waals surface area contributed by atoms with Crippen molar-refractivity contribution in [3.8, 4) is 11.1 Å². The zero-order valence-corrected chi connectivity index (χ0v) is 53.2. The number of nitrogens with one attached hydrogen (secondary N) is 7. The SMILES string of the molecule is CC(=O)O[C@@H]1[C@@H](NC(=O)OCC(Cl)(Cl)Cl)[C@H](OC[C@H](NC(=O)[C@@H](NC(=O)[C@H](C)NC(=O)[C@H](COCc2ccccc2)NC(=O)OCC2c3ccccc3-c3ccccc32)C(C)C)C(=O)N[C@@H](COCc2ccccc2)C(=O)N[C@@H](C)C(=O)O)O[C@H](CO)[C@H]1OC(C)=O. The molecule has 498 valence electrons. The molecule has 1 fully saturated rings. The van der Waals surface area contributed by atoms with E-state index < -0.39 is 163 Å². The second kappa shape index (κ2) is 35.0. The normalized spacial score (nSPS) is 18.7. The molecule has 0 unspecified atom stereocenters. The number of carboxylic acids is 1. The maximum atomic E-state index is 14.7. The number of halogens is 3. The number of carbonyl (C=O) groups is 10. The van der Waals surface area contributed by atoms with E-state index in [0.29, 0.717) is 5.56 Å². The summed E-state index contributed by atoms with van der Waals surface area (Å²) in [7, 11) is 0. The van der Waals surface area contributed by atoms with E-state index in [4.69, 9.17) is 72.7 Å². The Hall–Kier alpha value is -8.15. The van der Waals surface area contributed by atoms with Crippen LogP contribution in [0.5, 0.6) is 0 Å². The number of ether oxygens (including phenoxy) is 8. The zero-order valence-electron chi connectivity index (χ0n) is 50.9. The van der Waals surface area contributed by atoms with Crippen LogP contribution in [0.25, 0.3) is 11.1 Å². The van der Waals surface area contributed by atoms with E-state index in [1.807, 2.05) is 54.6 Å². The van der Waals surface area contributed by atoms with Crippen molar-refractivity contribution in [1.82, 2.24) is 37.2 Å². The minimum atomic E-state index is -2.13. The Balaban J connectivity index is 1.24. The molecule has 11 atom stereocenters. The third-order valence-electron chi connectivity index (χ3n) is 14.2. The molecule has 0 radical (unpaired) electrons. The van der Waals surface area contributed by atoms with Crippen LogP contribution in [-0.4, -0.2) is 180 Å². The van der Waals surface area contributed by atoms with E-state index in [1.54, 1.807) is 54.6 Å². The Morgan fingerprint density at radius 1 is 0.554 bits per heavy atom. The molecule has 2 aliphatic rings. The van der Waals surface area contributed by atoms with E-state index in [2.05, 4.69) is 37.2 Å². The summed E-state index contributed by atoms with van der Waals surface area (Å²) in [5.74, 6) is -9.64. The summed E-state index contributed by atoms with van der Waals surface area (Å²) in [4.78, 5) is 135. The van der Waals surface area contributed by atoms with E-state index >= 15 is 0 Å². The van der Waals surface area contributed by atoms with Crippen molar-refractivity contribution in [1.29, 1.82) is 0 Å². The van der Waals surface area contributed by atoms with Gasteiger partial charge in [-0.3, -0.25) is 38.4 Å².